The minimum atomic E-state index is -1.44. The van der Waals surface area contributed by atoms with Gasteiger partial charge in [-0.25, -0.2) is 0 Å². The largest absolute Gasteiger partial charge is 0.454 e. The maximum Gasteiger partial charge on any atom is 0.303 e. The van der Waals surface area contributed by atoms with Crippen molar-refractivity contribution < 1.29 is 69.0 Å². The molecule has 7 N–H and O–H groups in total. The van der Waals surface area contributed by atoms with Crippen LogP contribution in [0.5, 0.6) is 0 Å². The normalized spacial score (nSPS) is 56.9. The summed E-state index contributed by atoms with van der Waals surface area (Å²) in [5.74, 6) is -0.803. The predicted octanol–water partition coefficient (Wildman–Crippen LogP) is 2.32. The Balaban J connectivity index is 1.16. The number of ether oxygens (including phenoxy) is 6. The van der Waals surface area contributed by atoms with Crippen LogP contribution >= 0.6 is 0 Å². The third kappa shape index (κ3) is 6.11. The third-order valence-electron chi connectivity index (χ3n) is 17.9. The first-order valence-electron chi connectivity index (χ1n) is 21.6. The fourth-order valence-electron chi connectivity index (χ4n) is 15.1. The molecule has 0 amide bonds. The van der Waals surface area contributed by atoms with Crippen molar-refractivity contribution >= 4 is 5.97 Å². The SMILES string of the molecule is CC(=O)OC1C(OC2CC3C4(C)CC(O)C(C5(C)CCC(C(C)(C)O)O5)C4(C)CCC34CC43CCC(OC4OCC(O)C(O)C4O)C(C)(C)C23)OC(C)C(O)C1O. The van der Waals surface area contributed by atoms with Gasteiger partial charge >= 0.3 is 5.97 Å². The van der Waals surface area contributed by atoms with Gasteiger partial charge in [0.15, 0.2) is 18.7 Å². The number of esters is 1. The fraction of sp³-hybridized carbons (Fsp3) is 0.977. The zero-order valence-electron chi connectivity index (χ0n) is 35.3. The van der Waals surface area contributed by atoms with Crippen LogP contribution in [0.1, 0.15) is 120 Å². The van der Waals surface area contributed by atoms with Gasteiger partial charge in [0.05, 0.1) is 48.3 Å². The van der Waals surface area contributed by atoms with Gasteiger partial charge in [0.25, 0.3) is 0 Å². The van der Waals surface area contributed by atoms with Gasteiger partial charge in [0.1, 0.15) is 30.5 Å². The van der Waals surface area contributed by atoms with E-state index in [9.17, 15) is 40.5 Å². The first-order chi connectivity index (χ1) is 26.4. The lowest BCUT2D eigenvalue weighted by molar-refractivity contribution is -0.336. The van der Waals surface area contributed by atoms with E-state index in [4.69, 9.17) is 28.4 Å². The van der Waals surface area contributed by atoms with Crippen LogP contribution in [0.15, 0.2) is 0 Å². The topological polar surface area (TPSA) is 214 Å². The average Bonchev–Trinajstić information content (AvgIpc) is 3.47. The summed E-state index contributed by atoms with van der Waals surface area (Å²) >= 11 is 0. The van der Waals surface area contributed by atoms with E-state index in [1.165, 1.54) is 6.92 Å². The Labute approximate surface area is 336 Å². The summed E-state index contributed by atoms with van der Waals surface area (Å²) in [4.78, 5) is 12.4. The molecule has 14 nitrogen and oxygen atoms in total. The smallest absolute Gasteiger partial charge is 0.303 e. The quantitative estimate of drug-likeness (QED) is 0.145. The van der Waals surface area contributed by atoms with Gasteiger partial charge in [0, 0.05) is 12.8 Å². The van der Waals surface area contributed by atoms with E-state index in [1.807, 2.05) is 0 Å². The molecule has 3 heterocycles. The highest BCUT2D eigenvalue weighted by Crippen LogP contribution is 2.89. The molecule has 14 heteroatoms. The summed E-state index contributed by atoms with van der Waals surface area (Å²) in [6.07, 6.45) is -6.10. The number of carbonyl (C=O) groups excluding carboxylic acids is 1. The van der Waals surface area contributed by atoms with E-state index in [-0.39, 0.29) is 52.1 Å². The molecule has 8 aliphatic rings. The molecule has 0 radical (unpaired) electrons. The summed E-state index contributed by atoms with van der Waals surface area (Å²) in [6.45, 7) is 17.4. The minimum Gasteiger partial charge on any atom is -0.454 e. The standard InChI is InChI=1S/C43H70O14/c1-20-28(47)30(49)32(54-21(2)44)36(53-20)55-24-16-25-40(8)17-22(45)33(41(9)12-10-27(57-41)38(5,6)51)39(40,7)14-15-42(25)19-43(42)13-11-26(37(3,4)34(24)43)56-35-31(50)29(48)23(46)18-52-35/h20,22-36,45-51H,10-19H2,1-9H3. The number of fused-ring (bicyclic) bond motifs is 2. The Kier molecular flexibility index (Phi) is 10.3. The van der Waals surface area contributed by atoms with Crippen molar-refractivity contribution in [3.05, 3.63) is 0 Å². The molecule has 326 valence electrons. The monoisotopic (exact) mass is 810 g/mol. The molecular formula is C43H70O14. The first-order valence-corrected chi connectivity index (χ1v) is 21.6. The van der Waals surface area contributed by atoms with Crippen molar-refractivity contribution in [2.75, 3.05) is 6.61 Å². The van der Waals surface area contributed by atoms with E-state index in [1.54, 1.807) is 20.8 Å². The summed E-state index contributed by atoms with van der Waals surface area (Å²) in [7, 11) is 0. The molecule has 8 rings (SSSR count). The van der Waals surface area contributed by atoms with E-state index in [0.29, 0.717) is 25.7 Å². The Morgan fingerprint density at radius 3 is 2.12 bits per heavy atom. The molecule has 3 aliphatic heterocycles. The second-order valence-electron chi connectivity index (χ2n) is 21.6. The number of hydrogen-bond acceptors (Lipinski definition) is 14. The highest BCUT2D eigenvalue weighted by molar-refractivity contribution is 5.66. The second-order valence-corrected chi connectivity index (χ2v) is 21.6. The minimum absolute atomic E-state index is 0.0530. The van der Waals surface area contributed by atoms with Crippen LogP contribution in [0.3, 0.4) is 0 Å². The fourth-order valence-corrected chi connectivity index (χ4v) is 15.1. The lowest BCUT2D eigenvalue weighted by Gasteiger charge is -2.65. The highest BCUT2D eigenvalue weighted by atomic mass is 16.7. The van der Waals surface area contributed by atoms with Crippen LogP contribution in [-0.2, 0) is 33.2 Å². The van der Waals surface area contributed by atoms with Gasteiger partial charge in [-0.1, -0.05) is 27.7 Å². The van der Waals surface area contributed by atoms with Crippen molar-refractivity contribution in [1.82, 2.24) is 0 Å². The summed E-state index contributed by atoms with van der Waals surface area (Å²) in [6, 6.07) is 0. The molecule has 3 saturated heterocycles. The van der Waals surface area contributed by atoms with Crippen LogP contribution in [0.4, 0.5) is 0 Å². The third-order valence-corrected chi connectivity index (χ3v) is 17.9. The maximum atomic E-state index is 12.4. The number of rotatable bonds is 7. The second kappa shape index (κ2) is 13.7. The van der Waals surface area contributed by atoms with E-state index in [2.05, 4.69) is 34.6 Å². The lowest BCUT2D eigenvalue weighted by atomic mass is 9.41. The molecule has 5 aliphatic carbocycles. The molecular weight excluding hydrogens is 740 g/mol. The molecule has 0 bridgehead atoms. The molecule has 8 fully saturated rings. The van der Waals surface area contributed by atoms with Crippen LogP contribution in [0, 0.1) is 44.8 Å². The van der Waals surface area contributed by atoms with Crippen molar-refractivity contribution in [3.8, 4) is 0 Å². The summed E-state index contributed by atoms with van der Waals surface area (Å²) in [5.41, 5.74) is -3.09. The first kappa shape index (κ1) is 42.7. The van der Waals surface area contributed by atoms with Gasteiger partial charge < -0.3 is 64.2 Å². The van der Waals surface area contributed by atoms with Crippen LogP contribution in [-0.4, -0.2) is 139 Å². The van der Waals surface area contributed by atoms with E-state index in [0.717, 1.165) is 32.1 Å². The highest BCUT2D eigenvalue weighted by Gasteiger charge is 2.85. The summed E-state index contributed by atoms with van der Waals surface area (Å²) < 4.78 is 38.1. The molecule has 0 aromatic rings. The van der Waals surface area contributed by atoms with Crippen molar-refractivity contribution in [2.45, 2.75) is 211 Å². The average molecular weight is 811 g/mol. The van der Waals surface area contributed by atoms with Crippen molar-refractivity contribution in [1.29, 1.82) is 0 Å². The number of hydrogen-bond donors (Lipinski definition) is 7. The molecule has 57 heavy (non-hydrogen) atoms. The Morgan fingerprint density at radius 1 is 0.772 bits per heavy atom. The van der Waals surface area contributed by atoms with E-state index >= 15 is 0 Å². The number of aliphatic hydroxyl groups excluding tert-OH is 6. The Morgan fingerprint density at radius 2 is 1.47 bits per heavy atom. The zero-order chi connectivity index (χ0) is 41.6. The van der Waals surface area contributed by atoms with Crippen molar-refractivity contribution in [3.63, 3.8) is 0 Å². The van der Waals surface area contributed by atoms with Crippen molar-refractivity contribution in [2.24, 2.45) is 44.8 Å². The molecule has 0 aromatic heterocycles. The van der Waals surface area contributed by atoms with Gasteiger partial charge in [-0.05, 0) is 124 Å². The van der Waals surface area contributed by atoms with E-state index < -0.39 is 96.2 Å². The van der Waals surface area contributed by atoms with Gasteiger partial charge in [-0.2, -0.15) is 0 Å². The van der Waals surface area contributed by atoms with Gasteiger partial charge in [-0.15, -0.1) is 0 Å². The molecule has 0 aromatic carbocycles. The molecule has 21 atom stereocenters. The van der Waals surface area contributed by atoms with Crippen LogP contribution in [0.2, 0.25) is 0 Å². The van der Waals surface area contributed by atoms with Gasteiger partial charge in [-0.3, -0.25) is 4.79 Å². The maximum absolute atomic E-state index is 12.4. The summed E-state index contributed by atoms with van der Waals surface area (Å²) in [5, 5.41) is 76.8. The molecule has 21 unspecified atom stereocenters. The number of carbonyl (C=O) groups is 1. The van der Waals surface area contributed by atoms with Crippen LogP contribution in [0.25, 0.3) is 0 Å². The van der Waals surface area contributed by atoms with Crippen LogP contribution < -0.4 is 0 Å². The lowest BCUT2D eigenvalue weighted by Crippen LogP contribution is -2.65. The zero-order valence-corrected chi connectivity index (χ0v) is 35.3. The number of aliphatic hydroxyl groups is 7. The van der Waals surface area contributed by atoms with Gasteiger partial charge in [0.2, 0.25) is 0 Å². The molecule has 2 spiro atoms. The molecule has 5 saturated carbocycles. The Bertz CT molecular complexity index is 1550. The predicted molar refractivity (Wildman–Crippen MR) is 202 cm³/mol. The Hall–Kier alpha value is -1.01.